The van der Waals surface area contributed by atoms with Gasteiger partial charge in [0.2, 0.25) is 11.8 Å². The summed E-state index contributed by atoms with van der Waals surface area (Å²) in [5.74, 6) is 2.23. The third kappa shape index (κ3) is 2.97. The molecule has 0 bridgehead atoms. The molecule has 0 saturated heterocycles. The van der Waals surface area contributed by atoms with Crippen LogP contribution in [0, 0.1) is 22.0 Å². The van der Waals surface area contributed by atoms with E-state index in [1.165, 1.54) is 31.9 Å². The Balaban J connectivity index is 1.90. The third-order valence-electron chi connectivity index (χ3n) is 3.82. The van der Waals surface area contributed by atoms with Crippen LogP contribution in [0.2, 0.25) is 0 Å². The van der Waals surface area contributed by atoms with Crippen LogP contribution in [0.4, 0.5) is 17.5 Å². The highest BCUT2D eigenvalue weighted by Gasteiger charge is 2.33. The van der Waals surface area contributed by atoms with Gasteiger partial charge < -0.3 is 10.2 Å². The molecular formula is C13H19N5O2. The van der Waals surface area contributed by atoms with E-state index in [4.69, 9.17) is 0 Å². The van der Waals surface area contributed by atoms with E-state index in [-0.39, 0.29) is 10.6 Å². The van der Waals surface area contributed by atoms with Crippen molar-refractivity contribution in [1.29, 1.82) is 0 Å². The lowest BCUT2D eigenvalue weighted by Gasteiger charge is -2.23. The normalized spacial score (nSPS) is 17.9. The molecule has 2 fully saturated rings. The number of rotatable bonds is 7. The fourth-order valence-electron chi connectivity index (χ4n) is 2.32. The Morgan fingerprint density at radius 2 is 1.95 bits per heavy atom. The molecule has 7 heteroatoms. The molecule has 0 unspecified atom stereocenters. The molecule has 108 valence electrons. The van der Waals surface area contributed by atoms with Gasteiger partial charge in [-0.15, -0.1) is 0 Å². The quantitative estimate of drug-likeness (QED) is 0.606. The lowest BCUT2D eigenvalue weighted by Crippen LogP contribution is -2.30. The first-order chi connectivity index (χ1) is 9.67. The smallest absolute Gasteiger partial charge is 0.329 e. The number of nitro groups is 1. The highest BCUT2D eigenvalue weighted by Crippen LogP contribution is 2.37. The SMILES string of the molecule is CNc1ncc([N+](=O)[O-])c(N(CC2CC2)CC2CC2)n1. The molecule has 3 rings (SSSR count). The summed E-state index contributed by atoms with van der Waals surface area (Å²) in [6.45, 7) is 1.75. The highest BCUT2D eigenvalue weighted by atomic mass is 16.6. The van der Waals surface area contributed by atoms with Gasteiger partial charge >= 0.3 is 5.69 Å². The Hall–Kier alpha value is -1.92. The standard InChI is InChI=1S/C13H19N5O2/c1-14-13-15-6-11(18(19)20)12(16-13)17(7-9-2-3-9)8-10-4-5-10/h6,9-10H,2-5,7-8H2,1H3,(H,14,15,16). The van der Waals surface area contributed by atoms with Crippen LogP contribution in [-0.4, -0.2) is 35.0 Å². The van der Waals surface area contributed by atoms with Crippen molar-refractivity contribution in [2.45, 2.75) is 25.7 Å². The summed E-state index contributed by atoms with van der Waals surface area (Å²) in [5.41, 5.74) is 0.00491. The van der Waals surface area contributed by atoms with E-state index >= 15 is 0 Å². The lowest BCUT2D eigenvalue weighted by atomic mass is 10.3. The molecule has 0 aliphatic heterocycles. The largest absolute Gasteiger partial charge is 0.357 e. The second-order valence-electron chi connectivity index (χ2n) is 5.70. The molecule has 1 aromatic rings. The van der Waals surface area contributed by atoms with Crippen molar-refractivity contribution in [3.63, 3.8) is 0 Å². The summed E-state index contributed by atoms with van der Waals surface area (Å²) in [6.07, 6.45) is 6.19. The van der Waals surface area contributed by atoms with Crippen molar-refractivity contribution in [3.05, 3.63) is 16.3 Å². The minimum absolute atomic E-state index is 0.00491. The average Bonchev–Trinajstić information content (AvgIpc) is 3.32. The van der Waals surface area contributed by atoms with Crippen molar-refractivity contribution in [2.24, 2.45) is 11.8 Å². The summed E-state index contributed by atoms with van der Waals surface area (Å²) in [7, 11) is 1.72. The molecule has 2 aliphatic carbocycles. The molecule has 0 atom stereocenters. The second kappa shape index (κ2) is 5.22. The molecule has 2 saturated carbocycles. The Kier molecular flexibility index (Phi) is 3.42. The number of anilines is 2. The van der Waals surface area contributed by atoms with Gasteiger partial charge in [0, 0.05) is 20.1 Å². The first kappa shape index (κ1) is 13.1. The Morgan fingerprint density at radius 3 is 2.40 bits per heavy atom. The highest BCUT2D eigenvalue weighted by molar-refractivity contribution is 5.59. The summed E-state index contributed by atoms with van der Waals surface area (Å²) >= 11 is 0. The zero-order valence-corrected chi connectivity index (χ0v) is 11.6. The number of hydrogen-bond donors (Lipinski definition) is 1. The van der Waals surface area contributed by atoms with Crippen molar-refractivity contribution in [3.8, 4) is 0 Å². The Bertz CT molecular complexity index is 499. The van der Waals surface area contributed by atoms with E-state index in [9.17, 15) is 10.1 Å². The Labute approximate surface area is 117 Å². The van der Waals surface area contributed by atoms with Gasteiger partial charge in [0.05, 0.1) is 4.92 Å². The minimum atomic E-state index is -0.387. The van der Waals surface area contributed by atoms with E-state index in [0.717, 1.165) is 13.1 Å². The fraction of sp³-hybridized carbons (Fsp3) is 0.692. The predicted octanol–water partition coefficient (Wildman–Crippen LogP) is 2.05. The molecule has 1 heterocycles. The Morgan fingerprint density at radius 1 is 1.35 bits per heavy atom. The van der Waals surface area contributed by atoms with Crippen molar-refractivity contribution < 1.29 is 4.92 Å². The van der Waals surface area contributed by atoms with Gasteiger partial charge in [-0.2, -0.15) is 4.98 Å². The molecule has 20 heavy (non-hydrogen) atoms. The molecule has 0 aromatic carbocycles. The fourth-order valence-corrected chi connectivity index (χ4v) is 2.32. The van der Waals surface area contributed by atoms with Crippen LogP contribution in [0.15, 0.2) is 6.20 Å². The van der Waals surface area contributed by atoms with Crippen LogP contribution in [0.1, 0.15) is 25.7 Å². The van der Waals surface area contributed by atoms with Crippen LogP contribution < -0.4 is 10.2 Å². The first-order valence-electron chi connectivity index (χ1n) is 7.11. The van der Waals surface area contributed by atoms with Gasteiger partial charge in [0.15, 0.2) is 0 Å². The molecule has 0 amide bonds. The monoisotopic (exact) mass is 277 g/mol. The maximum Gasteiger partial charge on any atom is 0.329 e. The van der Waals surface area contributed by atoms with Crippen LogP contribution in [0.25, 0.3) is 0 Å². The molecule has 7 nitrogen and oxygen atoms in total. The van der Waals surface area contributed by atoms with E-state index < -0.39 is 0 Å². The topological polar surface area (TPSA) is 84.2 Å². The molecule has 1 N–H and O–H groups in total. The van der Waals surface area contributed by atoms with Gasteiger partial charge in [-0.25, -0.2) is 4.98 Å². The van der Waals surface area contributed by atoms with E-state index in [1.807, 2.05) is 0 Å². The number of nitrogens with zero attached hydrogens (tertiary/aromatic N) is 4. The molecule has 0 radical (unpaired) electrons. The van der Waals surface area contributed by atoms with Crippen LogP contribution >= 0.6 is 0 Å². The minimum Gasteiger partial charge on any atom is -0.357 e. The average molecular weight is 277 g/mol. The molecule has 2 aliphatic rings. The summed E-state index contributed by atoms with van der Waals surface area (Å²) in [6, 6.07) is 0. The van der Waals surface area contributed by atoms with Crippen molar-refractivity contribution >= 4 is 17.5 Å². The number of aromatic nitrogens is 2. The van der Waals surface area contributed by atoms with Gasteiger partial charge in [-0.1, -0.05) is 0 Å². The zero-order chi connectivity index (χ0) is 14.1. The van der Waals surface area contributed by atoms with E-state index in [0.29, 0.717) is 23.6 Å². The van der Waals surface area contributed by atoms with Crippen LogP contribution in [0.3, 0.4) is 0 Å². The van der Waals surface area contributed by atoms with Gasteiger partial charge in [-0.05, 0) is 37.5 Å². The van der Waals surface area contributed by atoms with Crippen molar-refractivity contribution in [2.75, 3.05) is 30.4 Å². The second-order valence-corrected chi connectivity index (χ2v) is 5.70. The number of nitrogens with one attached hydrogen (secondary N) is 1. The van der Waals surface area contributed by atoms with Crippen LogP contribution in [-0.2, 0) is 0 Å². The zero-order valence-electron chi connectivity index (χ0n) is 11.6. The van der Waals surface area contributed by atoms with Crippen LogP contribution in [0.5, 0.6) is 0 Å². The van der Waals surface area contributed by atoms with E-state index in [1.54, 1.807) is 7.05 Å². The molecule has 0 spiro atoms. The van der Waals surface area contributed by atoms with Gasteiger partial charge in [0.25, 0.3) is 0 Å². The third-order valence-corrected chi connectivity index (χ3v) is 3.82. The predicted molar refractivity (Wildman–Crippen MR) is 75.9 cm³/mol. The van der Waals surface area contributed by atoms with E-state index in [2.05, 4.69) is 20.2 Å². The first-order valence-corrected chi connectivity index (χ1v) is 7.11. The maximum absolute atomic E-state index is 11.2. The summed E-state index contributed by atoms with van der Waals surface area (Å²) in [5, 5.41) is 14.1. The molecule has 1 aromatic heterocycles. The van der Waals surface area contributed by atoms with Gasteiger partial charge in [-0.3, -0.25) is 10.1 Å². The maximum atomic E-state index is 11.2. The summed E-state index contributed by atoms with van der Waals surface area (Å²) in [4.78, 5) is 21.2. The number of hydrogen-bond acceptors (Lipinski definition) is 6. The molecular weight excluding hydrogens is 258 g/mol. The summed E-state index contributed by atoms with van der Waals surface area (Å²) < 4.78 is 0. The lowest BCUT2D eigenvalue weighted by molar-refractivity contribution is -0.384. The van der Waals surface area contributed by atoms with Gasteiger partial charge in [0.1, 0.15) is 6.20 Å². The van der Waals surface area contributed by atoms with Crippen molar-refractivity contribution in [1.82, 2.24) is 9.97 Å².